The summed E-state index contributed by atoms with van der Waals surface area (Å²) in [5.41, 5.74) is 1.37. The number of hydrogen-bond donors (Lipinski definition) is 2. The minimum Gasteiger partial charge on any atom is -0.478 e. The summed E-state index contributed by atoms with van der Waals surface area (Å²) in [7, 11) is 0. The second-order valence-corrected chi connectivity index (χ2v) is 5.87. The number of carboxylic acid groups (broad SMARTS) is 1. The number of thioether (sulfide) groups is 1. The number of nitrogens with one attached hydrogen (secondary N) is 1. The van der Waals surface area contributed by atoms with Gasteiger partial charge in [0.1, 0.15) is 17.4 Å². The van der Waals surface area contributed by atoms with Crippen LogP contribution < -0.4 is 5.32 Å². The molecule has 21 heavy (non-hydrogen) atoms. The van der Waals surface area contributed by atoms with E-state index in [-0.39, 0.29) is 11.3 Å². The lowest BCUT2D eigenvalue weighted by atomic mass is 9.97. The Balaban J connectivity index is 1.85. The number of fused-ring (bicyclic) bond motifs is 1. The highest BCUT2D eigenvalue weighted by molar-refractivity contribution is 8.04. The van der Waals surface area contributed by atoms with Crippen LogP contribution in [0.1, 0.15) is 29.8 Å². The molecule has 1 aromatic heterocycles. The lowest BCUT2D eigenvalue weighted by Gasteiger charge is -2.13. The highest BCUT2D eigenvalue weighted by Gasteiger charge is 2.36. The van der Waals surface area contributed by atoms with Gasteiger partial charge in [0.15, 0.2) is 0 Å². The Kier molecular flexibility index (Phi) is 3.74. The third-order valence-electron chi connectivity index (χ3n) is 3.40. The highest BCUT2D eigenvalue weighted by atomic mass is 32.2. The molecule has 7 heteroatoms. The second-order valence-electron chi connectivity index (χ2n) is 4.72. The zero-order valence-electron chi connectivity index (χ0n) is 11.1. The second kappa shape index (κ2) is 5.69. The number of carboxylic acids is 1. The first-order chi connectivity index (χ1) is 10.2. The summed E-state index contributed by atoms with van der Waals surface area (Å²) in [4.78, 5) is 32.2. The number of allylic oxidation sites excluding steroid dienone is 2. The van der Waals surface area contributed by atoms with Gasteiger partial charge in [-0.05, 0) is 30.9 Å². The molecule has 108 valence electrons. The van der Waals surface area contributed by atoms with Crippen LogP contribution in [-0.4, -0.2) is 32.3 Å². The number of amides is 1. The van der Waals surface area contributed by atoms with E-state index in [9.17, 15) is 14.7 Å². The van der Waals surface area contributed by atoms with Crippen LogP contribution in [-0.2, 0) is 4.79 Å². The van der Waals surface area contributed by atoms with Gasteiger partial charge in [-0.1, -0.05) is 17.8 Å². The molecule has 1 aliphatic carbocycles. The molecule has 0 spiro atoms. The van der Waals surface area contributed by atoms with Crippen molar-refractivity contribution in [3.8, 4) is 0 Å². The van der Waals surface area contributed by atoms with Crippen molar-refractivity contribution in [3.63, 3.8) is 0 Å². The van der Waals surface area contributed by atoms with E-state index in [1.54, 1.807) is 0 Å². The van der Waals surface area contributed by atoms with Crippen LogP contribution >= 0.6 is 11.8 Å². The Morgan fingerprint density at radius 3 is 3.00 bits per heavy atom. The first kappa shape index (κ1) is 13.8. The van der Waals surface area contributed by atoms with Crippen molar-refractivity contribution in [2.45, 2.75) is 24.6 Å². The standard InChI is InChI=1S/C14H13N3O3S/c18-12(9-5-6-15-7-16-9)17-13-11(14(19)20)8-3-1-2-4-10(8)21-13/h4-7,13H,1-3H2,(H,17,18)(H,19,20). The van der Waals surface area contributed by atoms with Crippen LogP contribution in [0.15, 0.2) is 40.7 Å². The Labute approximate surface area is 125 Å². The van der Waals surface area contributed by atoms with Gasteiger partial charge in [-0.2, -0.15) is 0 Å². The van der Waals surface area contributed by atoms with E-state index in [0.717, 1.165) is 29.7 Å². The summed E-state index contributed by atoms with van der Waals surface area (Å²) in [5, 5.41) is 11.6. The Morgan fingerprint density at radius 1 is 1.43 bits per heavy atom. The van der Waals surface area contributed by atoms with E-state index in [2.05, 4.69) is 15.3 Å². The third kappa shape index (κ3) is 2.69. The van der Waals surface area contributed by atoms with Crippen LogP contribution in [0, 0.1) is 0 Å². The molecule has 2 N–H and O–H groups in total. The maximum atomic E-state index is 12.1. The molecular formula is C14H13N3O3S. The molecule has 6 nitrogen and oxygen atoms in total. The van der Waals surface area contributed by atoms with Crippen molar-refractivity contribution in [3.05, 3.63) is 46.4 Å². The summed E-state index contributed by atoms with van der Waals surface area (Å²) in [6, 6.07) is 1.49. The molecule has 0 aromatic carbocycles. The predicted octanol–water partition coefficient (Wildman–Crippen LogP) is 1.73. The van der Waals surface area contributed by atoms with Crippen molar-refractivity contribution in [2.75, 3.05) is 0 Å². The van der Waals surface area contributed by atoms with Gasteiger partial charge < -0.3 is 10.4 Å². The summed E-state index contributed by atoms with van der Waals surface area (Å²) in [5.74, 6) is -1.37. The summed E-state index contributed by atoms with van der Waals surface area (Å²) >= 11 is 1.38. The Hall–Kier alpha value is -2.15. The van der Waals surface area contributed by atoms with E-state index in [0.29, 0.717) is 0 Å². The van der Waals surface area contributed by atoms with Gasteiger partial charge >= 0.3 is 5.97 Å². The largest absolute Gasteiger partial charge is 0.478 e. The van der Waals surface area contributed by atoms with E-state index >= 15 is 0 Å². The molecular weight excluding hydrogens is 290 g/mol. The lowest BCUT2D eigenvalue weighted by Crippen LogP contribution is -2.35. The molecule has 2 aliphatic rings. The van der Waals surface area contributed by atoms with Crippen molar-refractivity contribution in [1.29, 1.82) is 0 Å². The monoisotopic (exact) mass is 303 g/mol. The average molecular weight is 303 g/mol. The molecule has 3 rings (SSSR count). The zero-order chi connectivity index (χ0) is 14.8. The fourth-order valence-electron chi connectivity index (χ4n) is 2.45. The smallest absolute Gasteiger partial charge is 0.334 e. The SMILES string of the molecule is O=C(O)C1=C2CCCC=C2SC1NC(=O)c1ccncn1. The molecule has 0 fully saturated rings. The number of aromatic nitrogens is 2. The van der Waals surface area contributed by atoms with Crippen molar-refractivity contribution in [1.82, 2.24) is 15.3 Å². The molecule has 0 bridgehead atoms. The van der Waals surface area contributed by atoms with Gasteiger partial charge in [0.2, 0.25) is 0 Å². The van der Waals surface area contributed by atoms with Crippen molar-refractivity contribution in [2.24, 2.45) is 0 Å². The fourth-order valence-corrected chi connectivity index (χ4v) is 3.80. The van der Waals surface area contributed by atoms with Crippen LogP contribution in [0.5, 0.6) is 0 Å². The number of carbonyl (C=O) groups excluding carboxylic acids is 1. The molecule has 2 heterocycles. The number of nitrogens with zero attached hydrogens (tertiary/aromatic N) is 2. The molecule has 0 radical (unpaired) electrons. The minimum absolute atomic E-state index is 0.226. The molecule has 1 aromatic rings. The summed E-state index contributed by atoms with van der Waals surface area (Å²) < 4.78 is 0. The minimum atomic E-state index is -0.976. The van der Waals surface area contributed by atoms with Gasteiger partial charge in [0.05, 0.1) is 5.57 Å². The molecule has 1 unspecified atom stereocenters. The van der Waals surface area contributed by atoms with Crippen LogP contribution in [0.2, 0.25) is 0 Å². The predicted molar refractivity (Wildman–Crippen MR) is 77.5 cm³/mol. The summed E-state index contributed by atoms with van der Waals surface area (Å²) in [6.07, 6.45) is 7.45. The van der Waals surface area contributed by atoms with Crippen LogP contribution in [0.4, 0.5) is 0 Å². The summed E-state index contributed by atoms with van der Waals surface area (Å²) in [6.45, 7) is 0. The number of rotatable bonds is 3. The van der Waals surface area contributed by atoms with Gasteiger partial charge in [-0.3, -0.25) is 4.79 Å². The molecule has 1 atom stereocenters. The quantitative estimate of drug-likeness (QED) is 0.883. The van der Waals surface area contributed by atoms with Gasteiger partial charge in [-0.15, -0.1) is 0 Å². The van der Waals surface area contributed by atoms with E-state index in [1.165, 1.54) is 30.4 Å². The molecule has 1 aliphatic heterocycles. The first-order valence-electron chi connectivity index (χ1n) is 6.57. The number of carbonyl (C=O) groups is 2. The van der Waals surface area contributed by atoms with Gasteiger partial charge in [0.25, 0.3) is 5.91 Å². The highest BCUT2D eigenvalue weighted by Crippen LogP contribution is 2.45. The molecule has 0 saturated carbocycles. The van der Waals surface area contributed by atoms with Crippen LogP contribution in [0.3, 0.4) is 0 Å². The fraction of sp³-hybridized carbons (Fsp3) is 0.286. The van der Waals surface area contributed by atoms with Gasteiger partial charge in [0, 0.05) is 11.1 Å². The van der Waals surface area contributed by atoms with E-state index in [1.807, 2.05) is 6.08 Å². The molecule has 0 saturated heterocycles. The topological polar surface area (TPSA) is 92.2 Å². The number of hydrogen-bond acceptors (Lipinski definition) is 5. The maximum Gasteiger partial charge on any atom is 0.334 e. The van der Waals surface area contributed by atoms with Crippen molar-refractivity contribution >= 4 is 23.6 Å². The van der Waals surface area contributed by atoms with E-state index in [4.69, 9.17) is 0 Å². The first-order valence-corrected chi connectivity index (χ1v) is 7.45. The Bertz CT molecular complexity index is 655. The Morgan fingerprint density at radius 2 is 2.29 bits per heavy atom. The third-order valence-corrected chi connectivity index (χ3v) is 4.65. The average Bonchev–Trinajstić information content (AvgIpc) is 2.86. The zero-order valence-corrected chi connectivity index (χ0v) is 11.9. The molecule has 1 amide bonds. The van der Waals surface area contributed by atoms with Crippen LogP contribution in [0.25, 0.3) is 0 Å². The maximum absolute atomic E-state index is 12.1. The van der Waals surface area contributed by atoms with Crippen molar-refractivity contribution < 1.29 is 14.7 Å². The van der Waals surface area contributed by atoms with Gasteiger partial charge in [-0.25, -0.2) is 14.8 Å². The normalized spacial score (nSPS) is 20.8. The van der Waals surface area contributed by atoms with E-state index < -0.39 is 17.3 Å². The number of aliphatic carboxylic acids is 1. The lowest BCUT2D eigenvalue weighted by molar-refractivity contribution is -0.132.